The van der Waals surface area contributed by atoms with Crippen LogP contribution in [0.15, 0.2) is 28.9 Å². The van der Waals surface area contributed by atoms with Gasteiger partial charge < -0.3 is 9.52 Å². The van der Waals surface area contributed by atoms with Crippen molar-refractivity contribution in [2.75, 3.05) is 0 Å². The molecular weight excluding hydrogens is 212 g/mol. The van der Waals surface area contributed by atoms with Crippen molar-refractivity contribution < 1.29 is 9.52 Å². The van der Waals surface area contributed by atoms with Crippen molar-refractivity contribution in [3.05, 3.63) is 41.2 Å². The Morgan fingerprint density at radius 2 is 2.06 bits per heavy atom. The summed E-state index contributed by atoms with van der Waals surface area (Å²) in [6.07, 6.45) is 7.62. The smallest absolute Gasteiger partial charge is 0.176 e. The molecular formula is C15H18O2. The molecule has 0 fully saturated rings. The summed E-state index contributed by atoms with van der Waals surface area (Å²) >= 11 is 0. The van der Waals surface area contributed by atoms with Gasteiger partial charge >= 0.3 is 0 Å². The second kappa shape index (κ2) is 4.66. The first-order chi connectivity index (χ1) is 8.15. The van der Waals surface area contributed by atoms with Gasteiger partial charge in [-0.2, -0.15) is 0 Å². The molecule has 90 valence electrons. The van der Waals surface area contributed by atoms with Crippen LogP contribution in [0.5, 0.6) is 5.75 Å². The summed E-state index contributed by atoms with van der Waals surface area (Å²) in [5, 5.41) is 11.2. The third-order valence-electron chi connectivity index (χ3n) is 3.16. The minimum atomic E-state index is 0.303. The molecule has 1 aromatic carbocycles. The average Bonchev–Trinajstić information content (AvgIpc) is 2.66. The van der Waals surface area contributed by atoms with Gasteiger partial charge in [0.05, 0.1) is 6.26 Å². The van der Waals surface area contributed by atoms with Gasteiger partial charge in [-0.3, -0.25) is 0 Å². The normalized spacial score (nSPS) is 11.7. The molecule has 0 saturated carbocycles. The van der Waals surface area contributed by atoms with Crippen LogP contribution in [0.2, 0.25) is 0 Å². The summed E-state index contributed by atoms with van der Waals surface area (Å²) in [5.41, 5.74) is 3.80. The molecule has 0 aliphatic carbocycles. The Balaban J connectivity index is 2.48. The number of aromatic hydroxyl groups is 1. The number of hydrogen-bond donors (Lipinski definition) is 1. The average molecular weight is 230 g/mol. The Labute approximate surface area is 102 Å². The molecule has 0 unspecified atom stereocenters. The van der Waals surface area contributed by atoms with E-state index >= 15 is 0 Å². The van der Waals surface area contributed by atoms with Gasteiger partial charge in [-0.25, -0.2) is 0 Å². The lowest BCUT2D eigenvalue weighted by Gasteiger charge is -2.08. The van der Waals surface area contributed by atoms with E-state index in [0.29, 0.717) is 11.3 Å². The third-order valence-corrected chi connectivity index (χ3v) is 3.16. The lowest BCUT2D eigenvalue weighted by molar-refractivity contribution is 0.457. The zero-order chi connectivity index (χ0) is 12.4. The minimum absolute atomic E-state index is 0.303. The molecule has 0 atom stereocenters. The lowest BCUT2D eigenvalue weighted by Crippen LogP contribution is -1.90. The number of phenolic OH excluding ortho intramolecular Hbond substituents is 1. The second-order valence-corrected chi connectivity index (χ2v) is 4.42. The van der Waals surface area contributed by atoms with Crippen LogP contribution in [0, 0.1) is 13.8 Å². The largest absolute Gasteiger partial charge is 0.504 e. The van der Waals surface area contributed by atoms with Gasteiger partial charge in [-0.1, -0.05) is 12.2 Å². The monoisotopic (exact) mass is 230 g/mol. The summed E-state index contributed by atoms with van der Waals surface area (Å²) < 4.78 is 5.41. The fraction of sp³-hybridized carbons (Fsp3) is 0.333. The lowest BCUT2D eigenvalue weighted by atomic mass is 9.99. The summed E-state index contributed by atoms with van der Waals surface area (Å²) in [6.45, 7) is 6.03. The van der Waals surface area contributed by atoms with Crippen molar-refractivity contribution in [1.82, 2.24) is 0 Å². The molecule has 1 N–H and O–H groups in total. The molecule has 1 heterocycles. The Morgan fingerprint density at radius 1 is 1.29 bits per heavy atom. The first kappa shape index (κ1) is 11.8. The molecule has 0 amide bonds. The van der Waals surface area contributed by atoms with Crippen molar-refractivity contribution in [2.45, 2.75) is 33.6 Å². The van der Waals surface area contributed by atoms with Gasteiger partial charge in [0.25, 0.3) is 0 Å². The van der Waals surface area contributed by atoms with Gasteiger partial charge in [0.1, 0.15) is 0 Å². The van der Waals surface area contributed by atoms with E-state index in [1.54, 1.807) is 6.26 Å². The molecule has 0 radical (unpaired) electrons. The van der Waals surface area contributed by atoms with Crippen molar-refractivity contribution in [3.63, 3.8) is 0 Å². The number of furan rings is 1. The van der Waals surface area contributed by atoms with Crippen LogP contribution in [0.1, 0.15) is 30.0 Å². The van der Waals surface area contributed by atoms with Crippen LogP contribution in [-0.2, 0) is 6.42 Å². The molecule has 17 heavy (non-hydrogen) atoms. The Morgan fingerprint density at radius 3 is 2.76 bits per heavy atom. The van der Waals surface area contributed by atoms with E-state index in [-0.39, 0.29) is 0 Å². The van der Waals surface area contributed by atoms with E-state index in [4.69, 9.17) is 4.42 Å². The molecule has 2 heteroatoms. The fourth-order valence-corrected chi connectivity index (χ4v) is 2.15. The van der Waals surface area contributed by atoms with Crippen LogP contribution in [0.25, 0.3) is 11.0 Å². The summed E-state index contributed by atoms with van der Waals surface area (Å²) in [4.78, 5) is 0. The van der Waals surface area contributed by atoms with E-state index < -0.39 is 0 Å². The summed E-state index contributed by atoms with van der Waals surface area (Å²) in [5.74, 6) is 0.303. The van der Waals surface area contributed by atoms with Crippen molar-refractivity contribution in [1.29, 1.82) is 0 Å². The first-order valence-electron chi connectivity index (χ1n) is 5.95. The molecule has 1 aromatic heterocycles. The minimum Gasteiger partial charge on any atom is -0.504 e. The van der Waals surface area contributed by atoms with Crippen LogP contribution in [0.3, 0.4) is 0 Å². The van der Waals surface area contributed by atoms with Crippen LogP contribution >= 0.6 is 0 Å². The van der Waals surface area contributed by atoms with Crippen molar-refractivity contribution in [3.8, 4) is 5.75 Å². The number of hydrogen-bond acceptors (Lipinski definition) is 2. The van der Waals surface area contributed by atoms with E-state index in [1.807, 2.05) is 26.8 Å². The second-order valence-electron chi connectivity index (χ2n) is 4.42. The van der Waals surface area contributed by atoms with Crippen molar-refractivity contribution >= 4 is 11.0 Å². The van der Waals surface area contributed by atoms with Gasteiger partial charge in [-0.15, -0.1) is 0 Å². The maximum atomic E-state index is 10.2. The van der Waals surface area contributed by atoms with Crippen molar-refractivity contribution in [2.24, 2.45) is 0 Å². The van der Waals surface area contributed by atoms with Crippen LogP contribution in [-0.4, -0.2) is 5.11 Å². The predicted molar refractivity (Wildman–Crippen MR) is 70.5 cm³/mol. The number of fused-ring (bicyclic) bond motifs is 1. The van der Waals surface area contributed by atoms with Crippen LogP contribution < -0.4 is 0 Å². The van der Waals surface area contributed by atoms with Crippen LogP contribution in [0.4, 0.5) is 0 Å². The molecule has 0 aliphatic rings. The quantitative estimate of drug-likeness (QED) is 0.799. The Bertz CT molecular complexity index is 562. The fourth-order valence-electron chi connectivity index (χ4n) is 2.15. The highest BCUT2D eigenvalue weighted by atomic mass is 16.3. The Kier molecular flexibility index (Phi) is 3.23. The van der Waals surface area contributed by atoms with Gasteiger partial charge in [-0.05, 0) is 50.8 Å². The molecule has 2 aromatic rings. The molecule has 0 aliphatic heterocycles. The third kappa shape index (κ3) is 2.07. The molecule has 2 nitrogen and oxygen atoms in total. The van der Waals surface area contributed by atoms with Gasteiger partial charge in [0.15, 0.2) is 11.3 Å². The highest BCUT2D eigenvalue weighted by molar-refractivity contribution is 5.88. The molecule has 0 saturated heterocycles. The number of benzene rings is 1. The molecule has 2 rings (SSSR count). The maximum Gasteiger partial charge on any atom is 0.176 e. The highest BCUT2D eigenvalue weighted by Crippen LogP contribution is 2.35. The SMILES string of the molecule is C/C=C/CCc1c(C)cc2c(C)coc2c1O. The molecule has 0 spiro atoms. The summed E-state index contributed by atoms with van der Waals surface area (Å²) in [7, 11) is 0. The Hall–Kier alpha value is -1.70. The number of rotatable bonds is 3. The zero-order valence-corrected chi connectivity index (χ0v) is 10.6. The highest BCUT2D eigenvalue weighted by Gasteiger charge is 2.13. The topological polar surface area (TPSA) is 33.4 Å². The number of phenols is 1. The van der Waals surface area contributed by atoms with E-state index in [2.05, 4.69) is 12.1 Å². The standard InChI is InChI=1S/C15H18O2/c1-4-5-6-7-12-10(2)8-13-11(3)9-17-15(13)14(12)16/h4-5,8-9,16H,6-7H2,1-3H3/b5-4+. The van der Waals surface area contributed by atoms with E-state index in [1.165, 1.54) is 0 Å². The summed E-state index contributed by atoms with van der Waals surface area (Å²) in [6, 6.07) is 2.10. The van der Waals surface area contributed by atoms with E-state index in [0.717, 1.165) is 34.9 Å². The number of aryl methyl sites for hydroxylation is 2. The zero-order valence-electron chi connectivity index (χ0n) is 10.6. The molecule has 0 bridgehead atoms. The number of allylic oxidation sites excluding steroid dienone is 2. The van der Waals surface area contributed by atoms with E-state index in [9.17, 15) is 5.11 Å². The maximum absolute atomic E-state index is 10.2. The predicted octanol–water partition coefficient (Wildman–Crippen LogP) is 4.26. The first-order valence-corrected chi connectivity index (χ1v) is 5.95. The van der Waals surface area contributed by atoms with Gasteiger partial charge in [0, 0.05) is 10.9 Å². The van der Waals surface area contributed by atoms with Gasteiger partial charge in [0.2, 0.25) is 0 Å².